The van der Waals surface area contributed by atoms with Crippen LogP contribution in [0.15, 0.2) is 48.5 Å². The van der Waals surface area contributed by atoms with Gasteiger partial charge >= 0.3 is 6.09 Å². The van der Waals surface area contributed by atoms with Crippen molar-refractivity contribution in [3.8, 4) is 10.6 Å². The number of para-hydroxylation sites is 1. The molecule has 5 rings (SSSR count). The van der Waals surface area contributed by atoms with Crippen LogP contribution in [-0.4, -0.2) is 35.5 Å². The molecule has 0 spiro atoms. The lowest BCUT2D eigenvalue weighted by molar-refractivity contribution is 0.102. The Morgan fingerprint density at radius 1 is 1.06 bits per heavy atom. The predicted octanol–water partition coefficient (Wildman–Crippen LogP) is 6.70. The third kappa shape index (κ3) is 4.56. The highest BCUT2D eigenvalue weighted by Gasteiger charge is 2.30. The number of hydrogen-bond donors (Lipinski definition) is 1. The van der Waals surface area contributed by atoms with E-state index in [1.807, 2.05) is 42.5 Å². The van der Waals surface area contributed by atoms with Crippen molar-refractivity contribution in [1.29, 1.82) is 0 Å². The standard InChI is InChI=1S/C27H27N3O3S2/c1-27(2,3)17-11-9-16(10-12-17)23(31)29-25-22(24-28-19-7-5-6-8-20(19)34-24)18-13-14-30(26(32)33-4)15-21(18)35-25/h5-12H,13-15H2,1-4H3,(H,29,31). The number of hydrogen-bond acceptors (Lipinski definition) is 6. The van der Waals surface area contributed by atoms with Crippen LogP contribution >= 0.6 is 22.7 Å². The zero-order chi connectivity index (χ0) is 24.7. The molecule has 180 valence electrons. The number of aromatic nitrogens is 1. The molecule has 8 heteroatoms. The summed E-state index contributed by atoms with van der Waals surface area (Å²) >= 11 is 3.13. The fourth-order valence-corrected chi connectivity index (χ4v) is 6.65. The molecule has 0 aliphatic carbocycles. The van der Waals surface area contributed by atoms with Gasteiger partial charge in [-0.25, -0.2) is 9.78 Å². The number of nitrogens with zero attached hydrogens (tertiary/aromatic N) is 2. The van der Waals surface area contributed by atoms with Gasteiger partial charge in [-0.15, -0.1) is 22.7 Å². The van der Waals surface area contributed by atoms with E-state index in [1.165, 1.54) is 24.0 Å². The van der Waals surface area contributed by atoms with Gasteiger partial charge in [-0.1, -0.05) is 45.0 Å². The van der Waals surface area contributed by atoms with Crippen LogP contribution in [0.25, 0.3) is 20.8 Å². The molecule has 0 saturated heterocycles. The Kier molecular flexibility index (Phi) is 6.11. The Bertz CT molecular complexity index is 1380. The molecule has 1 N–H and O–H groups in total. The zero-order valence-corrected chi connectivity index (χ0v) is 21.8. The molecule has 0 fully saturated rings. The molecule has 6 nitrogen and oxygen atoms in total. The Morgan fingerprint density at radius 3 is 2.49 bits per heavy atom. The molecule has 35 heavy (non-hydrogen) atoms. The largest absolute Gasteiger partial charge is 0.453 e. The summed E-state index contributed by atoms with van der Waals surface area (Å²) in [4.78, 5) is 33.0. The van der Waals surface area contributed by atoms with Crippen LogP contribution in [0, 0.1) is 0 Å². The molecule has 4 aromatic rings. The number of anilines is 1. The maximum Gasteiger partial charge on any atom is 0.409 e. The molecule has 2 amide bonds. The minimum absolute atomic E-state index is 0.0212. The summed E-state index contributed by atoms with van der Waals surface area (Å²) in [6.07, 6.45) is 0.345. The van der Waals surface area contributed by atoms with Crippen molar-refractivity contribution in [2.24, 2.45) is 0 Å². The van der Waals surface area contributed by atoms with Gasteiger partial charge in [0, 0.05) is 22.5 Å². The third-order valence-electron chi connectivity index (χ3n) is 6.24. The Balaban J connectivity index is 1.53. The Labute approximate surface area is 212 Å². The maximum atomic E-state index is 13.3. The molecular weight excluding hydrogens is 478 g/mol. The molecule has 0 radical (unpaired) electrons. The number of amides is 2. The number of ether oxygens (including phenoxy) is 1. The summed E-state index contributed by atoms with van der Waals surface area (Å²) in [5.74, 6) is -0.156. The summed E-state index contributed by atoms with van der Waals surface area (Å²) in [6.45, 7) is 7.48. The van der Waals surface area contributed by atoms with Gasteiger partial charge < -0.3 is 15.0 Å². The number of rotatable bonds is 3. The molecule has 0 bridgehead atoms. The van der Waals surface area contributed by atoms with Gasteiger partial charge in [-0.3, -0.25) is 4.79 Å². The average Bonchev–Trinajstić information content (AvgIpc) is 3.43. The molecular formula is C27H27N3O3S2. The number of nitrogens with one attached hydrogen (secondary N) is 1. The highest BCUT2D eigenvalue weighted by atomic mass is 32.1. The minimum atomic E-state index is -0.338. The van der Waals surface area contributed by atoms with Crippen molar-refractivity contribution < 1.29 is 14.3 Å². The van der Waals surface area contributed by atoms with E-state index in [2.05, 4.69) is 32.2 Å². The number of benzene rings is 2. The van der Waals surface area contributed by atoms with Crippen molar-refractivity contribution in [1.82, 2.24) is 9.88 Å². The summed E-state index contributed by atoms with van der Waals surface area (Å²) in [7, 11) is 1.40. The van der Waals surface area contributed by atoms with Crippen LogP contribution < -0.4 is 5.32 Å². The smallest absolute Gasteiger partial charge is 0.409 e. The van der Waals surface area contributed by atoms with Crippen LogP contribution in [0.5, 0.6) is 0 Å². The number of carbonyl (C=O) groups is 2. The fourth-order valence-electron chi connectivity index (χ4n) is 4.28. The molecule has 0 saturated carbocycles. The van der Waals surface area contributed by atoms with E-state index in [-0.39, 0.29) is 17.4 Å². The monoisotopic (exact) mass is 505 g/mol. The fraction of sp³-hybridized carbons (Fsp3) is 0.296. The van der Waals surface area contributed by atoms with Gasteiger partial charge in [0.25, 0.3) is 5.91 Å². The van der Waals surface area contributed by atoms with E-state index in [0.29, 0.717) is 25.1 Å². The van der Waals surface area contributed by atoms with Crippen LogP contribution in [0.2, 0.25) is 0 Å². The van der Waals surface area contributed by atoms with Crippen LogP contribution in [0.4, 0.5) is 9.80 Å². The second-order valence-corrected chi connectivity index (χ2v) is 11.8. The number of methoxy groups -OCH3 is 1. The third-order valence-corrected chi connectivity index (χ3v) is 8.42. The highest BCUT2D eigenvalue weighted by Crippen LogP contribution is 2.46. The lowest BCUT2D eigenvalue weighted by atomic mass is 9.87. The SMILES string of the molecule is COC(=O)N1CCc2c(sc(NC(=O)c3ccc(C(C)(C)C)cc3)c2-c2nc3ccccc3s2)C1. The maximum absolute atomic E-state index is 13.3. The van der Waals surface area contributed by atoms with Gasteiger partial charge in [0.15, 0.2) is 0 Å². The summed E-state index contributed by atoms with van der Waals surface area (Å²) in [6, 6.07) is 15.8. The summed E-state index contributed by atoms with van der Waals surface area (Å²) in [5, 5.41) is 4.81. The number of thiophene rings is 1. The van der Waals surface area contributed by atoms with Gasteiger partial charge in [-0.2, -0.15) is 0 Å². The predicted molar refractivity (Wildman–Crippen MR) is 143 cm³/mol. The normalized spacial score (nSPS) is 13.5. The first-order chi connectivity index (χ1) is 16.7. The van der Waals surface area contributed by atoms with Crippen molar-refractivity contribution in [2.45, 2.75) is 39.2 Å². The van der Waals surface area contributed by atoms with E-state index in [9.17, 15) is 9.59 Å². The lowest BCUT2D eigenvalue weighted by Crippen LogP contribution is -2.35. The van der Waals surface area contributed by atoms with Gasteiger partial charge in [0.05, 0.1) is 23.9 Å². The van der Waals surface area contributed by atoms with Crippen LogP contribution in [-0.2, 0) is 23.1 Å². The number of fused-ring (bicyclic) bond motifs is 2. The van der Waals surface area contributed by atoms with Gasteiger partial charge in [0.1, 0.15) is 10.0 Å². The van der Waals surface area contributed by atoms with Crippen LogP contribution in [0.3, 0.4) is 0 Å². The first-order valence-electron chi connectivity index (χ1n) is 11.5. The summed E-state index contributed by atoms with van der Waals surface area (Å²) in [5.41, 5.74) is 4.86. The first kappa shape index (κ1) is 23.5. The summed E-state index contributed by atoms with van der Waals surface area (Å²) < 4.78 is 6.04. The molecule has 3 heterocycles. The van der Waals surface area contributed by atoms with Crippen LogP contribution in [0.1, 0.15) is 47.1 Å². The number of carbonyl (C=O) groups excluding carboxylic acids is 2. The van der Waals surface area contributed by atoms with Crippen molar-refractivity contribution in [2.75, 3.05) is 19.0 Å². The molecule has 1 aliphatic heterocycles. The quantitative estimate of drug-likeness (QED) is 0.336. The van der Waals surface area contributed by atoms with E-state index in [4.69, 9.17) is 9.72 Å². The van der Waals surface area contributed by atoms with E-state index < -0.39 is 0 Å². The van der Waals surface area contributed by atoms with Crippen molar-refractivity contribution in [3.63, 3.8) is 0 Å². The van der Waals surface area contributed by atoms with Crippen molar-refractivity contribution in [3.05, 3.63) is 70.1 Å². The van der Waals surface area contributed by atoms with Gasteiger partial charge in [-0.05, 0) is 47.2 Å². The molecule has 2 aromatic carbocycles. The molecule has 2 aromatic heterocycles. The Hall–Kier alpha value is -3.23. The lowest BCUT2D eigenvalue weighted by Gasteiger charge is -2.25. The Morgan fingerprint density at radius 2 is 1.80 bits per heavy atom. The van der Waals surface area contributed by atoms with E-state index >= 15 is 0 Å². The van der Waals surface area contributed by atoms with E-state index in [0.717, 1.165) is 36.2 Å². The van der Waals surface area contributed by atoms with Gasteiger partial charge in [0.2, 0.25) is 0 Å². The molecule has 0 unspecified atom stereocenters. The minimum Gasteiger partial charge on any atom is -0.453 e. The molecule has 1 aliphatic rings. The molecule has 0 atom stereocenters. The average molecular weight is 506 g/mol. The van der Waals surface area contributed by atoms with Crippen molar-refractivity contribution >= 4 is 49.9 Å². The number of thiazole rings is 1. The first-order valence-corrected chi connectivity index (χ1v) is 13.1. The highest BCUT2D eigenvalue weighted by molar-refractivity contribution is 7.23. The second-order valence-electron chi connectivity index (χ2n) is 9.62. The zero-order valence-electron chi connectivity index (χ0n) is 20.2. The van der Waals surface area contributed by atoms with E-state index in [1.54, 1.807) is 16.2 Å². The topological polar surface area (TPSA) is 71.5 Å². The second kappa shape index (κ2) is 9.09.